The van der Waals surface area contributed by atoms with Gasteiger partial charge in [0.1, 0.15) is 13.2 Å². The average Bonchev–Trinajstić information content (AvgIpc) is 2.76. The molecule has 1 heterocycles. The van der Waals surface area contributed by atoms with E-state index in [4.69, 9.17) is 14.2 Å². The predicted molar refractivity (Wildman–Crippen MR) is 106 cm³/mol. The number of anilines is 1. The summed E-state index contributed by atoms with van der Waals surface area (Å²) in [6, 6.07) is 14.0. The monoisotopic (exact) mass is 397 g/mol. The number of rotatable bonds is 7. The molecule has 1 amide bonds. The SMILES string of the molecule is C[C@@H](OC(=O)CCC(=O)c1ccc2c(c1)OCCO2)C(=O)N(C)c1ccccc1. The molecule has 0 aliphatic carbocycles. The molecule has 29 heavy (non-hydrogen) atoms. The van der Waals surface area contributed by atoms with Gasteiger partial charge in [-0.3, -0.25) is 14.4 Å². The first-order valence-electron chi connectivity index (χ1n) is 9.40. The fraction of sp³-hybridized carbons (Fsp3) is 0.318. The highest BCUT2D eigenvalue weighted by atomic mass is 16.6. The maximum Gasteiger partial charge on any atom is 0.307 e. The molecule has 0 fully saturated rings. The summed E-state index contributed by atoms with van der Waals surface area (Å²) in [5.74, 6) is -0.0323. The number of hydrogen-bond acceptors (Lipinski definition) is 6. The van der Waals surface area contributed by atoms with E-state index in [1.54, 1.807) is 37.4 Å². The van der Waals surface area contributed by atoms with Gasteiger partial charge < -0.3 is 19.1 Å². The molecule has 2 aromatic carbocycles. The van der Waals surface area contributed by atoms with Gasteiger partial charge in [-0.2, -0.15) is 0 Å². The number of amides is 1. The minimum Gasteiger partial charge on any atom is -0.486 e. The van der Waals surface area contributed by atoms with Gasteiger partial charge in [0.25, 0.3) is 5.91 Å². The second-order valence-corrected chi connectivity index (χ2v) is 6.65. The quantitative estimate of drug-likeness (QED) is 0.528. The van der Waals surface area contributed by atoms with Crippen molar-refractivity contribution in [2.24, 2.45) is 0 Å². The van der Waals surface area contributed by atoms with Gasteiger partial charge in [-0.15, -0.1) is 0 Å². The van der Waals surface area contributed by atoms with Crippen molar-refractivity contribution < 1.29 is 28.6 Å². The second-order valence-electron chi connectivity index (χ2n) is 6.65. The highest BCUT2D eigenvalue weighted by Crippen LogP contribution is 2.31. The van der Waals surface area contributed by atoms with Crippen molar-refractivity contribution in [2.75, 3.05) is 25.2 Å². The van der Waals surface area contributed by atoms with Crippen LogP contribution in [-0.2, 0) is 14.3 Å². The van der Waals surface area contributed by atoms with Crippen LogP contribution in [0.2, 0.25) is 0 Å². The molecule has 0 saturated heterocycles. The molecule has 7 heteroatoms. The maximum atomic E-state index is 12.4. The number of ketones is 1. The summed E-state index contributed by atoms with van der Waals surface area (Å²) in [5, 5.41) is 0. The Morgan fingerprint density at radius 1 is 1.00 bits per heavy atom. The van der Waals surface area contributed by atoms with E-state index in [0.29, 0.717) is 36.0 Å². The zero-order chi connectivity index (χ0) is 20.8. The number of benzene rings is 2. The summed E-state index contributed by atoms with van der Waals surface area (Å²) < 4.78 is 16.1. The van der Waals surface area contributed by atoms with Crippen molar-refractivity contribution in [3.8, 4) is 11.5 Å². The van der Waals surface area contributed by atoms with E-state index in [2.05, 4.69) is 0 Å². The number of esters is 1. The van der Waals surface area contributed by atoms with Gasteiger partial charge in [0, 0.05) is 24.7 Å². The second kappa shape index (κ2) is 9.23. The summed E-state index contributed by atoms with van der Waals surface area (Å²) in [7, 11) is 1.62. The van der Waals surface area contributed by atoms with Crippen molar-refractivity contribution in [1.82, 2.24) is 0 Å². The standard InChI is InChI=1S/C22H23NO6/c1-15(22(26)23(2)17-6-4-3-5-7-17)29-21(25)11-9-18(24)16-8-10-19-20(14-16)28-13-12-27-19/h3-8,10,14-15H,9,11-13H2,1-2H3/t15-/m1/s1. The molecule has 0 aromatic heterocycles. The zero-order valence-electron chi connectivity index (χ0n) is 16.4. The van der Waals surface area contributed by atoms with E-state index in [1.807, 2.05) is 18.2 Å². The number of fused-ring (bicyclic) bond motifs is 1. The van der Waals surface area contributed by atoms with Gasteiger partial charge in [-0.25, -0.2) is 0 Å². The topological polar surface area (TPSA) is 82.1 Å². The number of nitrogens with zero attached hydrogens (tertiary/aromatic N) is 1. The number of carbonyl (C=O) groups is 3. The molecule has 1 aliphatic rings. The van der Waals surface area contributed by atoms with Crippen LogP contribution in [0.5, 0.6) is 11.5 Å². The van der Waals surface area contributed by atoms with Gasteiger partial charge in [0.15, 0.2) is 23.4 Å². The molecule has 0 radical (unpaired) electrons. The van der Waals surface area contributed by atoms with Crippen LogP contribution in [0.25, 0.3) is 0 Å². The minimum absolute atomic E-state index is 0.0199. The van der Waals surface area contributed by atoms with Crippen molar-refractivity contribution in [3.63, 3.8) is 0 Å². The Kier molecular flexibility index (Phi) is 6.49. The van der Waals surface area contributed by atoms with Crippen LogP contribution in [0, 0.1) is 0 Å². The molecular weight excluding hydrogens is 374 g/mol. The highest BCUT2D eigenvalue weighted by molar-refractivity contribution is 5.99. The van der Waals surface area contributed by atoms with E-state index in [0.717, 1.165) is 0 Å². The zero-order valence-corrected chi connectivity index (χ0v) is 16.4. The van der Waals surface area contributed by atoms with E-state index in [9.17, 15) is 14.4 Å². The Morgan fingerprint density at radius 3 is 2.41 bits per heavy atom. The number of Topliss-reactive ketones (excluding diaryl/α,β-unsaturated/α-hetero) is 1. The molecule has 0 N–H and O–H groups in total. The molecule has 2 aromatic rings. The van der Waals surface area contributed by atoms with E-state index >= 15 is 0 Å². The number of para-hydroxylation sites is 1. The van der Waals surface area contributed by atoms with Gasteiger partial charge >= 0.3 is 5.97 Å². The first kappa shape index (κ1) is 20.4. The Balaban J connectivity index is 1.50. The lowest BCUT2D eigenvalue weighted by atomic mass is 10.1. The molecule has 0 saturated carbocycles. The fourth-order valence-electron chi connectivity index (χ4n) is 2.93. The molecule has 7 nitrogen and oxygen atoms in total. The van der Waals surface area contributed by atoms with Crippen LogP contribution in [0.15, 0.2) is 48.5 Å². The third kappa shape index (κ3) is 5.13. The van der Waals surface area contributed by atoms with Crippen molar-refractivity contribution in [3.05, 3.63) is 54.1 Å². The smallest absolute Gasteiger partial charge is 0.307 e. The van der Waals surface area contributed by atoms with E-state index in [-0.39, 0.29) is 24.5 Å². The van der Waals surface area contributed by atoms with Crippen LogP contribution >= 0.6 is 0 Å². The van der Waals surface area contributed by atoms with Crippen LogP contribution in [0.3, 0.4) is 0 Å². The highest BCUT2D eigenvalue weighted by Gasteiger charge is 2.23. The lowest BCUT2D eigenvalue weighted by molar-refractivity contribution is -0.153. The predicted octanol–water partition coefficient (Wildman–Crippen LogP) is 3.02. The molecule has 3 rings (SSSR count). The van der Waals surface area contributed by atoms with Crippen molar-refractivity contribution in [1.29, 1.82) is 0 Å². The number of likely N-dealkylation sites (N-methyl/N-ethyl adjacent to an activating group) is 1. The Bertz CT molecular complexity index is 895. The molecule has 1 atom stereocenters. The molecular formula is C22H23NO6. The Labute approximate surface area is 169 Å². The third-order valence-electron chi connectivity index (χ3n) is 4.55. The van der Waals surface area contributed by atoms with Crippen molar-refractivity contribution >= 4 is 23.3 Å². The normalized spacial score (nSPS) is 13.3. The van der Waals surface area contributed by atoms with Gasteiger partial charge in [-0.1, -0.05) is 18.2 Å². The number of carbonyl (C=O) groups excluding carboxylic acids is 3. The largest absolute Gasteiger partial charge is 0.486 e. The number of ether oxygens (including phenoxy) is 3. The van der Waals surface area contributed by atoms with Gasteiger partial charge in [0.05, 0.1) is 6.42 Å². The Morgan fingerprint density at radius 2 is 1.69 bits per heavy atom. The summed E-state index contributed by atoms with van der Waals surface area (Å²) >= 11 is 0. The average molecular weight is 397 g/mol. The summed E-state index contributed by atoms with van der Waals surface area (Å²) in [5.41, 5.74) is 1.14. The molecule has 1 aliphatic heterocycles. The van der Waals surface area contributed by atoms with Crippen LogP contribution in [0.1, 0.15) is 30.1 Å². The lowest BCUT2D eigenvalue weighted by Gasteiger charge is -2.21. The van der Waals surface area contributed by atoms with Crippen LogP contribution in [-0.4, -0.2) is 44.0 Å². The first-order valence-corrected chi connectivity index (χ1v) is 9.40. The molecule has 0 bridgehead atoms. The fourth-order valence-corrected chi connectivity index (χ4v) is 2.93. The summed E-state index contributed by atoms with van der Waals surface area (Å²) in [6.07, 6.45) is -1.08. The van der Waals surface area contributed by atoms with Crippen molar-refractivity contribution in [2.45, 2.75) is 25.9 Å². The lowest BCUT2D eigenvalue weighted by Crippen LogP contribution is -2.37. The van der Waals surface area contributed by atoms with Crippen LogP contribution in [0.4, 0.5) is 5.69 Å². The van der Waals surface area contributed by atoms with Gasteiger partial charge in [0.2, 0.25) is 0 Å². The summed E-state index contributed by atoms with van der Waals surface area (Å²) in [6.45, 7) is 2.42. The van der Waals surface area contributed by atoms with E-state index in [1.165, 1.54) is 11.8 Å². The molecule has 152 valence electrons. The molecule has 0 unspecified atom stereocenters. The molecule has 0 spiro atoms. The Hall–Kier alpha value is -3.35. The first-order chi connectivity index (χ1) is 14.0. The van der Waals surface area contributed by atoms with E-state index < -0.39 is 12.1 Å². The van der Waals surface area contributed by atoms with Crippen LogP contribution < -0.4 is 14.4 Å². The number of hydrogen-bond donors (Lipinski definition) is 0. The third-order valence-corrected chi connectivity index (χ3v) is 4.55. The maximum absolute atomic E-state index is 12.4. The summed E-state index contributed by atoms with van der Waals surface area (Å²) in [4.78, 5) is 38.3. The minimum atomic E-state index is -0.947. The van der Waals surface area contributed by atoms with Gasteiger partial charge in [-0.05, 0) is 37.3 Å².